The quantitative estimate of drug-likeness (QED) is 0.799. The molecule has 0 atom stereocenters. The van der Waals surface area contributed by atoms with E-state index in [0.29, 0.717) is 12.8 Å². The predicted molar refractivity (Wildman–Crippen MR) is 66.6 cm³/mol. The van der Waals surface area contributed by atoms with Gasteiger partial charge in [-0.05, 0) is 25.7 Å². The molecule has 0 aromatic heterocycles. The summed E-state index contributed by atoms with van der Waals surface area (Å²) in [6.07, 6.45) is -1.62. The van der Waals surface area contributed by atoms with E-state index < -0.39 is 18.6 Å². The number of nitrogens with two attached hydrogens (primary N) is 1. The molecule has 5 nitrogen and oxygen atoms in total. The van der Waals surface area contributed by atoms with Gasteiger partial charge in [0.15, 0.2) is 0 Å². The Morgan fingerprint density at radius 3 is 2.30 bits per heavy atom. The van der Waals surface area contributed by atoms with Gasteiger partial charge < -0.3 is 16.0 Å². The van der Waals surface area contributed by atoms with Gasteiger partial charge in [-0.3, -0.25) is 9.59 Å². The molecular weight excluding hydrogens is 275 g/mol. The van der Waals surface area contributed by atoms with Gasteiger partial charge in [-0.2, -0.15) is 13.2 Å². The van der Waals surface area contributed by atoms with Crippen LogP contribution in [0.4, 0.5) is 13.2 Å². The third-order valence-electron chi connectivity index (χ3n) is 3.36. The molecule has 1 fully saturated rings. The summed E-state index contributed by atoms with van der Waals surface area (Å²) in [6.45, 7) is -1.75. The first kappa shape index (κ1) is 16.7. The van der Waals surface area contributed by atoms with Crippen molar-refractivity contribution in [2.24, 2.45) is 11.7 Å². The highest BCUT2D eigenvalue weighted by Gasteiger charge is 2.30. The highest BCUT2D eigenvalue weighted by atomic mass is 19.4. The summed E-state index contributed by atoms with van der Waals surface area (Å²) in [6, 6.07) is 0.111. The van der Waals surface area contributed by atoms with Gasteiger partial charge in [-0.1, -0.05) is 0 Å². The molecule has 116 valence electrons. The number of alkyl halides is 3. The summed E-state index contributed by atoms with van der Waals surface area (Å²) in [5.74, 6) is -1.21. The summed E-state index contributed by atoms with van der Waals surface area (Å²) in [7, 11) is 1.42. The van der Waals surface area contributed by atoms with Gasteiger partial charge in [0.2, 0.25) is 11.8 Å². The number of carbonyl (C=O) groups is 2. The van der Waals surface area contributed by atoms with Crippen LogP contribution in [0.5, 0.6) is 0 Å². The van der Waals surface area contributed by atoms with E-state index in [9.17, 15) is 22.8 Å². The fraction of sp³-hybridized carbons (Fsp3) is 0.833. The number of nitrogens with zero attached hydrogens (tertiary/aromatic N) is 1. The molecule has 0 unspecified atom stereocenters. The number of carbonyl (C=O) groups excluding carboxylic acids is 2. The number of likely N-dealkylation sites (N-methyl/N-ethyl adjacent to an activating group) is 1. The maximum Gasteiger partial charge on any atom is 0.405 e. The summed E-state index contributed by atoms with van der Waals surface area (Å²) in [5, 5.41) is 1.74. The normalized spacial score (nSPS) is 23.2. The molecule has 8 heteroatoms. The Kier molecular flexibility index (Phi) is 5.79. The van der Waals surface area contributed by atoms with Crippen molar-refractivity contribution in [1.29, 1.82) is 0 Å². The van der Waals surface area contributed by atoms with E-state index >= 15 is 0 Å². The fourth-order valence-electron chi connectivity index (χ4n) is 2.23. The largest absolute Gasteiger partial charge is 0.405 e. The van der Waals surface area contributed by atoms with Crippen LogP contribution in [0.15, 0.2) is 0 Å². The molecule has 1 aliphatic carbocycles. The topological polar surface area (TPSA) is 75.4 Å². The number of halogens is 3. The lowest BCUT2D eigenvalue weighted by atomic mass is 9.85. The van der Waals surface area contributed by atoms with E-state index in [1.54, 1.807) is 5.32 Å². The minimum absolute atomic E-state index is 0.111. The number of hydrogen-bond donors (Lipinski definition) is 2. The van der Waals surface area contributed by atoms with Crippen molar-refractivity contribution in [3.63, 3.8) is 0 Å². The summed E-state index contributed by atoms with van der Waals surface area (Å²) in [4.78, 5) is 24.5. The molecule has 0 aromatic carbocycles. The number of nitrogens with one attached hydrogen (secondary N) is 1. The van der Waals surface area contributed by atoms with Crippen LogP contribution in [-0.2, 0) is 9.59 Å². The Morgan fingerprint density at radius 1 is 1.25 bits per heavy atom. The maximum atomic E-state index is 12.0. The Bertz CT molecular complexity index is 352. The van der Waals surface area contributed by atoms with Crippen LogP contribution in [0.3, 0.4) is 0 Å². The molecule has 0 aliphatic heterocycles. The Morgan fingerprint density at radius 2 is 1.80 bits per heavy atom. The second kappa shape index (κ2) is 6.92. The molecule has 0 bridgehead atoms. The first-order valence-electron chi connectivity index (χ1n) is 6.53. The van der Waals surface area contributed by atoms with Crippen LogP contribution >= 0.6 is 0 Å². The van der Waals surface area contributed by atoms with E-state index in [-0.39, 0.29) is 24.4 Å². The molecular formula is C12H20F3N3O2. The SMILES string of the molecule is CN(CC(=O)NCC(F)(F)F)C(=O)C1CCC(N)CC1. The molecule has 20 heavy (non-hydrogen) atoms. The van der Waals surface area contributed by atoms with E-state index in [1.807, 2.05) is 0 Å². The maximum absolute atomic E-state index is 12.0. The third-order valence-corrected chi connectivity index (χ3v) is 3.36. The van der Waals surface area contributed by atoms with Crippen LogP contribution < -0.4 is 11.1 Å². The molecule has 0 aromatic rings. The van der Waals surface area contributed by atoms with Gasteiger partial charge in [-0.15, -0.1) is 0 Å². The summed E-state index contributed by atoms with van der Waals surface area (Å²) >= 11 is 0. The second-order valence-electron chi connectivity index (χ2n) is 5.20. The predicted octanol–water partition coefficient (Wildman–Crippen LogP) is 0.641. The van der Waals surface area contributed by atoms with Crippen molar-refractivity contribution in [2.75, 3.05) is 20.1 Å². The van der Waals surface area contributed by atoms with Crippen LogP contribution in [0.1, 0.15) is 25.7 Å². The number of hydrogen-bond acceptors (Lipinski definition) is 3. The van der Waals surface area contributed by atoms with Gasteiger partial charge in [0.05, 0.1) is 6.54 Å². The fourth-order valence-corrected chi connectivity index (χ4v) is 2.23. The van der Waals surface area contributed by atoms with Crippen molar-refractivity contribution in [3.05, 3.63) is 0 Å². The average Bonchev–Trinajstić information content (AvgIpc) is 2.35. The minimum Gasteiger partial charge on any atom is -0.345 e. The highest BCUT2D eigenvalue weighted by molar-refractivity contribution is 5.85. The zero-order chi connectivity index (χ0) is 15.3. The van der Waals surface area contributed by atoms with Crippen molar-refractivity contribution >= 4 is 11.8 Å². The van der Waals surface area contributed by atoms with Gasteiger partial charge in [0.1, 0.15) is 6.54 Å². The van der Waals surface area contributed by atoms with Crippen LogP contribution in [0, 0.1) is 5.92 Å². The lowest BCUT2D eigenvalue weighted by Gasteiger charge is -2.28. The van der Waals surface area contributed by atoms with Crippen LogP contribution in [-0.4, -0.2) is 49.1 Å². The number of rotatable bonds is 4. The van der Waals surface area contributed by atoms with Crippen molar-refractivity contribution in [2.45, 2.75) is 37.9 Å². The van der Waals surface area contributed by atoms with E-state index in [1.165, 1.54) is 11.9 Å². The van der Waals surface area contributed by atoms with Crippen molar-refractivity contribution in [3.8, 4) is 0 Å². The molecule has 1 aliphatic rings. The van der Waals surface area contributed by atoms with Crippen LogP contribution in [0.25, 0.3) is 0 Å². The van der Waals surface area contributed by atoms with E-state index in [4.69, 9.17) is 5.73 Å². The number of amides is 2. The van der Waals surface area contributed by atoms with Gasteiger partial charge >= 0.3 is 6.18 Å². The molecule has 0 heterocycles. The zero-order valence-electron chi connectivity index (χ0n) is 11.4. The molecule has 0 radical (unpaired) electrons. The smallest absolute Gasteiger partial charge is 0.345 e. The summed E-state index contributed by atoms with van der Waals surface area (Å²) < 4.78 is 35.8. The monoisotopic (exact) mass is 295 g/mol. The van der Waals surface area contributed by atoms with Gasteiger partial charge in [-0.25, -0.2) is 0 Å². The lowest BCUT2D eigenvalue weighted by molar-refractivity contribution is -0.143. The van der Waals surface area contributed by atoms with Crippen molar-refractivity contribution in [1.82, 2.24) is 10.2 Å². The average molecular weight is 295 g/mol. The minimum atomic E-state index is -4.45. The molecule has 2 amide bonds. The third kappa shape index (κ3) is 5.77. The standard InChI is InChI=1S/C12H20F3N3O2/c1-18(6-10(19)17-7-12(13,14)15)11(20)8-2-4-9(16)5-3-8/h8-9H,2-7,16H2,1H3,(H,17,19). The molecule has 1 rings (SSSR count). The van der Waals surface area contributed by atoms with E-state index in [2.05, 4.69) is 0 Å². The van der Waals surface area contributed by atoms with Crippen LogP contribution in [0.2, 0.25) is 0 Å². The molecule has 3 N–H and O–H groups in total. The summed E-state index contributed by atoms with van der Waals surface area (Å²) in [5.41, 5.74) is 5.74. The molecule has 0 spiro atoms. The Labute approximate surface area is 115 Å². The van der Waals surface area contributed by atoms with Gasteiger partial charge in [0.25, 0.3) is 0 Å². The van der Waals surface area contributed by atoms with E-state index in [0.717, 1.165) is 12.8 Å². The zero-order valence-corrected chi connectivity index (χ0v) is 11.4. The molecule has 0 saturated heterocycles. The first-order valence-corrected chi connectivity index (χ1v) is 6.53. The Balaban J connectivity index is 2.36. The lowest BCUT2D eigenvalue weighted by Crippen LogP contribution is -2.44. The first-order chi connectivity index (χ1) is 9.19. The highest BCUT2D eigenvalue weighted by Crippen LogP contribution is 2.24. The van der Waals surface area contributed by atoms with Crippen molar-refractivity contribution < 1.29 is 22.8 Å². The van der Waals surface area contributed by atoms with Gasteiger partial charge in [0, 0.05) is 19.0 Å². The Hall–Kier alpha value is -1.31. The second-order valence-corrected chi connectivity index (χ2v) is 5.20. The molecule has 1 saturated carbocycles.